The molecule has 1 aromatic heterocycles. The van der Waals surface area contributed by atoms with E-state index in [9.17, 15) is 8.42 Å². The Morgan fingerprint density at radius 3 is 2.76 bits per heavy atom. The van der Waals surface area contributed by atoms with Gasteiger partial charge in [0.1, 0.15) is 5.52 Å². The smallest absolute Gasteiger partial charge is 0.201 e. The van der Waals surface area contributed by atoms with Crippen LogP contribution in [0.4, 0.5) is 5.95 Å². The minimum Gasteiger partial charge on any atom is -0.369 e. The van der Waals surface area contributed by atoms with E-state index < -0.39 is 9.84 Å². The third-order valence-corrected chi connectivity index (χ3v) is 5.54. The van der Waals surface area contributed by atoms with Gasteiger partial charge in [-0.05, 0) is 36.8 Å². The zero-order valence-electron chi connectivity index (χ0n) is 12.4. The van der Waals surface area contributed by atoms with Gasteiger partial charge in [-0.15, -0.1) is 0 Å². The minimum atomic E-state index is -3.30. The Morgan fingerprint density at radius 1 is 1.38 bits per heavy atom. The van der Waals surface area contributed by atoms with Crippen LogP contribution in [0.15, 0.2) is 23.1 Å². The van der Waals surface area contributed by atoms with Gasteiger partial charge in [0, 0.05) is 12.8 Å². The molecule has 0 spiro atoms. The lowest BCUT2D eigenvalue weighted by Gasteiger charge is -2.13. The number of hydrogen-bond donors (Lipinski definition) is 1. The molecule has 2 aromatic rings. The minimum absolute atomic E-state index is 0.255. The molecule has 114 valence electrons. The molecule has 3 rings (SSSR count). The molecule has 1 saturated carbocycles. The number of nitrogens with zero attached hydrogens (tertiary/aromatic N) is 2. The second-order valence-corrected chi connectivity index (χ2v) is 8.25. The fraction of sp³-hybridized carbons (Fsp3) is 0.533. The standard InChI is InChI=1S/C15H21N3O2S/c1-10-6-7-11(8-10)9-18-12-4-3-5-13(21(2,19)20)14(12)17-15(18)16/h3-5,10-11H,6-9H2,1-2H3,(H2,16,17). The van der Waals surface area contributed by atoms with Crippen LogP contribution in [0, 0.1) is 11.8 Å². The number of nitrogen functional groups attached to an aromatic ring is 1. The van der Waals surface area contributed by atoms with E-state index in [-0.39, 0.29) is 4.90 Å². The summed E-state index contributed by atoms with van der Waals surface area (Å²) in [6, 6.07) is 5.24. The Balaban J connectivity index is 2.06. The lowest BCUT2D eigenvalue weighted by atomic mass is 10.1. The summed E-state index contributed by atoms with van der Waals surface area (Å²) < 4.78 is 25.7. The molecule has 1 aromatic carbocycles. The Labute approximate surface area is 125 Å². The molecule has 1 heterocycles. The van der Waals surface area contributed by atoms with Crippen LogP contribution in [-0.2, 0) is 16.4 Å². The van der Waals surface area contributed by atoms with E-state index in [4.69, 9.17) is 5.73 Å². The first-order valence-corrected chi connectivity index (χ1v) is 9.20. The van der Waals surface area contributed by atoms with E-state index in [1.54, 1.807) is 12.1 Å². The van der Waals surface area contributed by atoms with Gasteiger partial charge in [0.15, 0.2) is 9.84 Å². The molecule has 2 atom stereocenters. The first-order valence-electron chi connectivity index (χ1n) is 7.31. The van der Waals surface area contributed by atoms with Crippen molar-refractivity contribution in [1.29, 1.82) is 0 Å². The first-order chi connectivity index (χ1) is 9.86. The van der Waals surface area contributed by atoms with Crippen molar-refractivity contribution in [3.63, 3.8) is 0 Å². The van der Waals surface area contributed by atoms with Gasteiger partial charge in [-0.3, -0.25) is 0 Å². The number of rotatable bonds is 3. The molecule has 1 aliphatic rings. The number of imidazole rings is 1. The van der Waals surface area contributed by atoms with Crippen LogP contribution >= 0.6 is 0 Å². The van der Waals surface area contributed by atoms with Crippen LogP contribution < -0.4 is 5.73 Å². The zero-order valence-corrected chi connectivity index (χ0v) is 13.2. The molecule has 0 saturated heterocycles. The van der Waals surface area contributed by atoms with Gasteiger partial charge in [0.05, 0.1) is 10.4 Å². The molecule has 5 nitrogen and oxygen atoms in total. The molecule has 21 heavy (non-hydrogen) atoms. The molecular formula is C15H21N3O2S. The Bertz CT molecular complexity index is 780. The molecule has 2 unspecified atom stereocenters. The fourth-order valence-corrected chi connectivity index (χ4v) is 4.21. The van der Waals surface area contributed by atoms with Crippen molar-refractivity contribution in [2.24, 2.45) is 11.8 Å². The first kappa shape index (κ1) is 14.4. The van der Waals surface area contributed by atoms with Crippen molar-refractivity contribution in [1.82, 2.24) is 9.55 Å². The molecule has 2 N–H and O–H groups in total. The highest BCUT2D eigenvalue weighted by Crippen LogP contribution is 2.33. The maximum atomic E-state index is 11.9. The molecule has 1 fully saturated rings. The van der Waals surface area contributed by atoms with Crippen LogP contribution in [0.25, 0.3) is 11.0 Å². The van der Waals surface area contributed by atoms with Gasteiger partial charge in [-0.25, -0.2) is 13.4 Å². The average molecular weight is 307 g/mol. The highest BCUT2D eigenvalue weighted by Gasteiger charge is 2.24. The molecule has 0 aliphatic heterocycles. The van der Waals surface area contributed by atoms with E-state index in [1.807, 2.05) is 10.6 Å². The van der Waals surface area contributed by atoms with E-state index in [0.29, 0.717) is 17.4 Å². The third kappa shape index (κ3) is 2.64. The zero-order chi connectivity index (χ0) is 15.2. The topological polar surface area (TPSA) is 78.0 Å². The molecule has 0 radical (unpaired) electrons. The summed E-state index contributed by atoms with van der Waals surface area (Å²) in [5.74, 6) is 1.76. The van der Waals surface area contributed by atoms with Gasteiger partial charge in [-0.2, -0.15) is 0 Å². The predicted molar refractivity (Wildman–Crippen MR) is 83.8 cm³/mol. The molecule has 6 heteroatoms. The molecule has 0 amide bonds. The van der Waals surface area contributed by atoms with Crippen molar-refractivity contribution < 1.29 is 8.42 Å². The number of para-hydroxylation sites is 1. The van der Waals surface area contributed by atoms with E-state index in [1.165, 1.54) is 25.5 Å². The van der Waals surface area contributed by atoms with Crippen molar-refractivity contribution in [3.05, 3.63) is 18.2 Å². The normalized spacial score (nSPS) is 23.0. The van der Waals surface area contributed by atoms with Crippen molar-refractivity contribution in [3.8, 4) is 0 Å². The fourth-order valence-electron chi connectivity index (χ4n) is 3.38. The van der Waals surface area contributed by atoms with Crippen molar-refractivity contribution >= 4 is 26.8 Å². The van der Waals surface area contributed by atoms with Gasteiger partial charge in [0.25, 0.3) is 0 Å². The van der Waals surface area contributed by atoms with Gasteiger partial charge in [-0.1, -0.05) is 19.4 Å². The summed E-state index contributed by atoms with van der Waals surface area (Å²) in [5.41, 5.74) is 7.34. The number of benzene rings is 1. The quantitative estimate of drug-likeness (QED) is 0.945. The lowest BCUT2D eigenvalue weighted by Crippen LogP contribution is -2.10. The number of aromatic nitrogens is 2. The van der Waals surface area contributed by atoms with Gasteiger partial charge < -0.3 is 10.3 Å². The summed E-state index contributed by atoms with van der Waals surface area (Å²) >= 11 is 0. The number of fused-ring (bicyclic) bond motifs is 1. The third-order valence-electron chi connectivity index (χ3n) is 4.42. The highest BCUT2D eigenvalue weighted by molar-refractivity contribution is 7.91. The number of hydrogen-bond acceptors (Lipinski definition) is 4. The van der Waals surface area contributed by atoms with E-state index >= 15 is 0 Å². The number of nitrogens with two attached hydrogens (primary N) is 1. The number of anilines is 1. The Kier molecular flexibility index (Phi) is 3.43. The second kappa shape index (κ2) is 5.02. The van der Waals surface area contributed by atoms with E-state index in [2.05, 4.69) is 11.9 Å². The lowest BCUT2D eigenvalue weighted by molar-refractivity contribution is 0.450. The monoisotopic (exact) mass is 307 g/mol. The maximum Gasteiger partial charge on any atom is 0.201 e. The van der Waals surface area contributed by atoms with Crippen molar-refractivity contribution in [2.45, 2.75) is 37.6 Å². The molecular weight excluding hydrogens is 286 g/mol. The van der Waals surface area contributed by atoms with Crippen LogP contribution in [0.5, 0.6) is 0 Å². The summed E-state index contributed by atoms with van der Waals surface area (Å²) in [6.45, 7) is 3.09. The predicted octanol–water partition coefficient (Wildman–Crippen LogP) is 2.46. The summed E-state index contributed by atoms with van der Waals surface area (Å²) in [7, 11) is -3.30. The van der Waals surface area contributed by atoms with Crippen LogP contribution in [0.1, 0.15) is 26.2 Å². The maximum absolute atomic E-state index is 11.9. The summed E-state index contributed by atoms with van der Waals surface area (Å²) in [5, 5.41) is 0. The van der Waals surface area contributed by atoms with Crippen LogP contribution in [0.2, 0.25) is 0 Å². The van der Waals surface area contributed by atoms with Gasteiger partial charge in [0.2, 0.25) is 5.95 Å². The number of sulfone groups is 1. The van der Waals surface area contributed by atoms with Crippen molar-refractivity contribution in [2.75, 3.05) is 12.0 Å². The average Bonchev–Trinajstić information content (AvgIpc) is 2.93. The second-order valence-electron chi connectivity index (χ2n) is 6.26. The van der Waals surface area contributed by atoms with E-state index in [0.717, 1.165) is 18.0 Å². The Hall–Kier alpha value is -1.56. The highest BCUT2D eigenvalue weighted by atomic mass is 32.2. The molecule has 0 bridgehead atoms. The van der Waals surface area contributed by atoms with Crippen LogP contribution in [-0.4, -0.2) is 24.2 Å². The summed E-state index contributed by atoms with van der Waals surface area (Å²) in [6.07, 6.45) is 4.86. The van der Waals surface area contributed by atoms with Gasteiger partial charge >= 0.3 is 0 Å². The SMILES string of the molecule is CC1CCC(Cn2c(N)nc3c(S(C)(=O)=O)cccc32)C1. The Morgan fingerprint density at radius 2 is 2.14 bits per heavy atom. The molecule has 1 aliphatic carbocycles. The summed E-state index contributed by atoms with van der Waals surface area (Å²) in [4.78, 5) is 4.56. The largest absolute Gasteiger partial charge is 0.369 e. The van der Waals surface area contributed by atoms with Crippen LogP contribution in [0.3, 0.4) is 0 Å².